The summed E-state index contributed by atoms with van der Waals surface area (Å²) in [7, 11) is 1.85. The van der Waals surface area contributed by atoms with Crippen molar-refractivity contribution in [1.82, 2.24) is 10.6 Å². The van der Waals surface area contributed by atoms with Crippen molar-refractivity contribution < 1.29 is 9.47 Å². The van der Waals surface area contributed by atoms with Crippen molar-refractivity contribution in [3.63, 3.8) is 0 Å². The van der Waals surface area contributed by atoms with Gasteiger partial charge in [0.2, 0.25) is 0 Å². The van der Waals surface area contributed by atoms with Crippen LogP contribution in [0, 0.1) is 12.8 Å². The van der Waals surface area contributed by atoms with Crippen molar-refractivity contribution in [2.45, 2.75) is 63.4 Å². The van der Waals surface area contributed by atoms with Crippen molar-refractivity contribution in [2.75, 3.05) is 20.2 Å². The maximum atomic E-state index is 6.14. The molecule has 0 saturated carbocycles. The first kappa shape index (κ1) is 17.8. The molecule has 2 bridgehead atoms. The molecule has 1 aromatic rings. The highest BCUT2D eigenvalue weighted by molar-refractivity contribution is 5.80. The molecule has 1 aromatic carbocycles. The lowest BCUT2D eigenvalue weighted by atomic mass is 9.89. The SMILES string of the molecule is CN=C(NCC1CCCOC1c1ccc(C)cc1)NC1CC2CCC1O2. The van der Waals surface area contributed by atoms with E-state index in [1.54, 1.807) is 0 Å². The fourth-order valence-corrected chi connectivity index (χ4v) is 4.56. The second kappa shape index (κ2) is 7.97. The van der Waals surface area contributed by atoms with Crippen LogP contribution >= 0.6 is 0 Å². The predicted molar refractivity (Wildman–Crippen MR) is 103 cm³/mol. The van der Waals surface area contributed by atoms with Gasteiger partial charge in [-0.15, -0.1) is 0 Å². The van der Waals surface area contributed by atoms with Crippen LogP contribution in [0.1, 0.15) is 49.3 Å². The Hall–Kier alpha value is -1.59. The first-order valence-electron chi connectivity index (χ1n) is 10.0. The molecule has 0 radical (unpaired) electrons. The zero-order valence-electron chi connectivity index (χ0n) is 15.9. The van der Waals surface area contributed by atoms with Gasteiger partial charge >= 0.3 is 0 Å². The fraction of sp³-hybridized carbons (Fsp3) is 0.667. The molecule has 2 N–H and O–H groups in total. The van der Waals surface area contributed by atoms with Gasteiger partial charge in [-0.2, -0.15) is 0 Å². The summed E-state index contributed by atoms with van der Waals surface area (Å²) in [6, 6.07) is 9.16. The molecule has 5 nitrogen and oxygen atoms in total. The van der Waals surface area contributed by atoms with E-state index >= 15 is 0 Å². The average molecular weight is 357 g/mol. The number of hydrogen-bond donors (Lipinski definition) is 2. The number of aliphatic imine (C=N–C) groups is 1. The summed E-state index contributed by atoms with van der Waals surface area (Å²) in [5.41, 5.74) is 2.57. The van der Waals surface area contributed by atoms with E-state index in [0.29, 0.717) is 24.2 Å². The number of hydrogen-bond acceptors (Lipinski definition) is 3. The molecule has 0 aliphatic carbocycles. The zero-order valence-corrected chi connectivity index (χ0v) is 15.9. The minimum Gasteiger partial charge on any atom is -0.373 e. The number of aryl methyl sites for hydroxylation is 1. The molecule has 3 saturated heterocycles. The molecule has 4 rings (SSSR count). The van der Waals surface area contributed by atoms with Gasteiger partial charge in [0, 0.05) is 26.1 Å². The Balaban J connectivity index is 1.34. The van der Waals surface area contributed by atoms with E-state index in [-0.39, 0.29) is 6.10 Å². The third kappa shape index (κ3) is 3.89. The molecule has 5 atom stereocenters. The van der Waals surface area contributed by atoms with E-state index in [4.69, 9.17) is 9.47 Å². The molecule has 0 spiro atoms. The number of benzene rings is 1. The highest BCUT2D eigenvalue weighted by Crippen LogP contribution is 2.35. The highest BCUT2D eigenvalue weighted by atomic mass is 16.5. The Morgan fingerprint density at radius 1 is 1.19 bits per heavy atom. The summed E-state index contributed by atoms with van der Waals surface area (Å²) in [5.74, 6) is 1.35. The third-order valence-electron chi connectivity index (χ3n) is 6.03. The van der Waals surface area contributed by atoms with Crippen molar-refractivity contribution in [3.8, 4) is 0 Å². The maximum absolute atomic E-state index is 6.14. The topological polar surface area (TPSA) is 54.9 Å². The first-order valence-corrected chi connectivity index (χ1v) is 10.0. The number of ether oxygens (including phenoxy) is 2. The van der Waals surface area contributed by atoms with Gasteiger partial charge in [-0.3, -0.25) is 4.99 Å². The largest absolute Gasteiger partial charge is 0.373 e. The molecule has 3 heterocycles. The Morgan fingerprint density at radius 3 is 2.73 bits per heavy atom. The summed E-state index contributed by atoms with van der Waals surface area (Å²) in [6.07, 6.45) is 6.77. The summed E-state index contributed by atoms with van der Waals surface area (Å²) < 4.78 is 12.1. The van der Waals surface area contributed by atoms with Crippen LogP contribution in [0.2, 0.25) is 0 Å². The average Bonchev–Trinajstić information content (AvgIpc) is 3.29. The lowest BCUT2D eigenvalue weighted by Crippen LogP contribution is -2.49. The van der Waals surface area contributed by atoms with Crippen LogP contribution in [0.3, 0.4) is 0 Å². The van der Waals surface area contributed by atoms with Gasteiger partial charge in [-0.1, -0.05) is 29.8 Å². The van der Waals surface area contributed by atoms with Crippen molar-refractivity contribution >= 4 is 5.96 Å². The number of fused-ring (bicyclic) bond motifs is 2. The van der Waals surface area contributed by atoms with Crippen LogP contribution < -0.4 is 10.6 Å². The van der Waals surface area contributed by atoms with E-state index < -0.39 is 0 Å². The van der Waals surface area contributed by atoms with Crippen molar-refractivity contribution in [3.05, 3.63) is 35.4 Å². The van der Waals surface area contributed by atoms with Gasteiger partial charge in [0.1, 0.15) is 0 Å². The summed E-state index contributed by atoms with van der Waals surface area (Å²) in [6.45, 7) is 3.85. The number of nitrogens with zero attached hydrogens (tertiary/aromatic N) is 1. The lowest BCUT2D eigenvalue weighted by molar-refractivity contribution is -0.0265. The summed E-state index contributed by atoms with van der Waals surface area (Å²) in [5, 5.41) is 7.11. The van der Waals surface area contributed by atoms with Gasteiger partial charge in [0.15, 0.2) is 5.96 Å². The molecule has 3 aliphatic heterocycles. The minimum atomic E-state index is 0.167. The minimum absolute atomic E-state index is 0.167. The second-order valence-corrected chi connectivity index (χ2v) is 7.92. The highest BCUT2D eigenvalue weighted by Gasteiger charge is 2.41. The molecule has 3 aliphatic rings. The van der Waals surface area contributed by atoms with Crippen LogP contribution in [0.4, 0.5) is 0 Å². The molecule has 3 fully saturated rings. The summed E-state index contributed by atoms with van der Waals surface area (Å²) in [4.78, 5) is 4.43. The van der Waals surface area contributed by atoms with Crippen LogP contribution in [0.5, 0.6) is 0 Å². The molecular weight excluding hydrogens is 326 g/mol. The van der Waals surface area contributed by atoms with E-state index in [9.17, 15) is 0 Å². The monoisotopic (exact) mass is 357 g/mol. The molecule has 0 aromatic heterocycles. The van der Waals surface area contributed by atoms with E-state index in [2.05, 4.69) is 46.8 Å². The van der Waals surface area contributed by atoms with Crippen molar-refractivity contribution in [1.29, 1.82) is 0 Å². The van der Waals surface area contributed by atoms with Crippen LogP contribution in [0.15, 0.2) is 29.3 Å². The predicted octanol–water partition coefficient (Wildman–Crippen LogP) is 2.95. The van der Waals surface area contributed by atoms with Gasteiger partial charge in [-0.05, 0) is 44.6 Å². The molecular formula is C21H31N3O2. The standard InChI is InChI=1S/C21H31N3O2/c1-14-5-7-15(8-6-14)20-16(4-3-11-25-20)13-23-21(22-2)24-18-12-17-9-10-19(18)26-17/h5-8,16-20H,3-4,9-13H2,1-2H3,(H2,22,23,24). The molecule has 0 amide bonds. The van der Waals surface area contributed by atoms with E-state index in [1.165, 1.54) is 30.4 Å². The van der Waals surface area contributed by atoms with Crippen LogP contribution in [-0.2, 0) is 9.47 Å². The third-order valence-corrected chi connectivity index (χ3v) is 6.03. The molecule has 5 heteroatoms. The van der Waals surface area contributed by atoms with Gasteiger partial charge in [-0.25, -0.2) is 0 Å². The Morgan fingerprint density at radius 2 is 2.04 bits per heavy atom. The fourth-order valence-electron chi connectivity index (χ4n) is 4.56. The molecule has 26 heavy (non-hydrogen) atoms. The van der Waals surface area contributed by atoms with E-state index in [1.807, 2.05) is 7.05 Å². The number of nitrogens with one attached hydrogen (secondary N) is 2. The normalized spacial score (nSPS) is 34.1. The molecule has 142 valence electrons. The molecule has 5 unspecified atom stereocenters. The van der Waals surface area contributed by atoms with Gasteiger partial charge in [0.25, 0.3) is 0 Å². The Kier molecular flexibility index (Phi) is 5.46. The Labute approximate surface area is 156 Å². The second-order valence-electron chi connectivity index (χ2n) is 7.92. The van der Waals surface area contributed by atoms with Crippen molar-refractivity contribution in [2.24, 2.45) is 10.9 Å². The number of guanidine groups is 1. The van der Waals surface area contributed by atoms with E-state index in [0.717, 1.165) is 32.0 Å². The first-order chi connectivity index (χ1) is 12.7. The Bertz CT molecular complexity index is 631. The number of rotatable bonds is 4. The van der Waals surface area contributed by atoms with Gasteiger partial charge in [0.05, 0.1) is 24.4 Å². The zero-order chi connectivity index (χ0) is 17.9. The van der Waals surface area contributed by atoms with Crippen LogP contribution in [0.25, 0.3) is 0 Å². The lowest BCUT2D eigenvalue weighted by Gasteiger charge is -2.33. The van der Waals surface area contributed by atoms with Gasteiger partial charge < -0.3 is 20.1 Å². The van der Waals surface area contributed by atoms with Crippen LogP contribution in [-0.4, -0.2) is 44.4 Å². The summed E-state index contributed by atoms with van der Waals surface area (Å²) >= 11 is 0. The quantitative estimate of drug-likeness (QED) is 0.643. The maximum Gasteiger partial charge on any atom is 0.191 e. The smallest absolute Gasteiger partial charge is 0.191 e.